The van der Waals surface area contributed by atoms with Crippen molar-refractivity contribution in [2.45, 2.75) is 85.5 Å². The van der Waals surface area contributed by atoms with Crippen molar-refractivity contribution in [2.75, 3.05) is 7.11 Å². The van der Waals surface area contributed by atoms with Gasteiger partial charge in [-0.3, -0.25) is 19.2 Å². The average molecular weight is 571 g/mol. The van der Waals surface area contributed by atoms with E-state index in [2.05, 4.69) is 6.92 Å². The molecule has 5 rings (SSSR count). The molecule has 1 saturated heterocycles. The predicted octanol–water partition coefficient (Wildman–Crippen LogP) is 4.27. The zero-order chi connectivity index (χ0) is 30.1. The van der Waals surface area contributed by atoms with Crippen LogP contribution in [0.1, 0.15) is 78.9 Å². The Hall–Kier alpha value is -3.43. The summed E-state index contributed by atoms with van der Waals surface area (Å²) in [6.45, 7) is 10.1. The molecule has 41 heavy (non-hydrogen) atoms. The Labute approximate surface area is 239 Å². The standard InChI is InChI=1S/C31H38O10/c1-15(32)39-23(28(36)37-7)24-29(3,4)27(40-16(2)33)19-12-18-20(31(24,6)25(19)35)8-10-30(5)21(18)13-22(34)41-26(30)17-9-11-38-14-17/h9,11,14,19-20,23-24,26-27H,8,10,12-13H2,1-7H3/t19-,20-,23-,24-,26+,27+,30+,31-/m1/s1. The number of cyclic esters (lactones) is 1. The fraction of sp³-hybridized carbons (Fsp3) is 0.645. The largest absolute Gasteiger partial charge is 0.472 e. The molecule has 3 aliphatic carbocycles. The number of ketones is 1. The lowest BCUT2D eigenvalue weighted by molar-refractivity contribution is -0.217. The summed E-state index contributed by atoms with van der Waals surface area (Å²) in [5.41, 5.74) is -0.0634. The average Bonchev–Trinajstić information content (AvgIpc) is 3.42. The van der Waals surface area contributed by atoms with Crippen LogP contribution >= 0.6 is 0 Å². The van der Waals surface area contributed by atoms with E-state index in [4.69, 9.17) is 23.4 Å². The lowest BCUT2D eigenvalue weighted by Crippen LogP contribution is -2.69. The molecule has 10 nitrogen and oxygen atoms in total. The number of rotatable bonds is 5. The highest BCUT2D eigenvalue weighted by Gasteiger charge is 2.71. The fourth-order valence-electron chi connectivity index (χ4n) is 8.83. The van der Waals surface area contributed by atoms with E-state index >= 15 is 0 Å². The van der Waals surface area contributed by atoms with Crippen LogP contribution in [0.15, 0.2) is 34.2 Å². The number of hydrogen-bond donors (Lipinski definition) is 0. The van der Waals surface area contributed by atoms with Crippen LogP contribution in [-0.2, 0) is 42.9 Å². The molecule has 0 spiro atoms. The molecular formula is C31H38O10. The van der Waals surface area contributed by atoms with Gasteiger partial charge < -0.3 is 23.4 Å². The zero-order valence-electron chi connectivity index (χ0n) is 24.6. The third-order valence-corrected chi connectivity index (χ3v) is 10.3. The Morgan fingerprint density at radius 2 is 1.78 bits per heavy atom. The van der Waals surface area contributed by atoms with Crippen LogP contribution in [0, 0.1) is 34.0 Å². The normalized spacial score (nSPS) is 36.3. The molecule has 1 aromatic rings. The minimum absolute atomic E-state index is 0.0738. The Morgan fingerprint density at radius 1 is 1.07 bits per heavy atom. The highest BCUT2D eigenvalue weighted by molar-refractivity contribution is 5.93. The Balaban J connectivity index is 1.74. The van der Waals surface area contributed by atoms with Gasteiger partial charge in [0.2, 0.25) is 6.10 Å². The quantitative estimate of drug-likeness (QED) is 0.287. The van der Waals surface area contributed by atoms with E-state index in [0.29, 0.717) is 19.3 Å². The van der Waals surface area contributed by atoms with Crippen LogP contribution in [0.25, 0.3) is 0 Å². The topological polar surface area (TPSA) is 135 Å². The molecule has 8 atom stereocenters. The van der Waals surface area contributed by atoms with Crippen molar-refractivity contribution in [3.05, 3.63) is 35.3 Å². The summed E-state index contributed by atoms with van der Waals surface area (Å²) in [6, 6.07) is 1.79. The molecule has 0 aromatic carbocycles. The number of hydrogen-bond acceptors (Lipinski definition) is 10. The number of allylic oxidation sites excluding steroid dienone is 1. The molecule has 0 N–H and O–H groups in total. The number of methoxy groups -OCH3 is 1. The van der Waals surface area contributed by atoms with Gasteiger partial charge in [0.15, 0.2) is 0 Å². The van der Waals surface area contributed by atoms with Crippen molar-refractivity contribution in [3.8, 4) is 0 Å². The number of esters is 4. The van der Waals surface area contributed by atoms with Gasteiger partial charge in [0.05, 0.1) is 32.0 Å². The monoisotopic (exact) mass is 570 g/mol. The van der Waals surface area contributed by atoms with Gasteiger partial charge in [-0.2, -0.15) is 0 Å². The summed E-state index contributed by atoms with van der Waals surface area (Å²) in [6.07, 6.45) is 1.84. The third-order valence-electron chi connectivity index (χ3n) is 10.3. The first-order valence-electron chi connectivity index (χ1n) is 14.1. The maximum atomic E-state index is 14.5. The maximum Gasteiger partial charge on any atom is 0.347 e. The minimum atomic E-state index is -1.41. The molecule has 4 aliphatic rings. The first-order chi connectivity index (χ1) is 19.2. The number of carbonyl (C=O) groups is 5. The van der Waals surface area contributed by atoms with Crippen LogP contribution in [0.5, 0.6) is 0 Å². The zero-order valence-corrected chi connectivity index (χ0v) is 24.6. The van der Waals surface area contributed by atoms with E-state index in [1.54, 1.807) is 18.6 Å². The number of fused-ring (bicyclic) bond motifs is 5. The number of furan rings is 1. The predicted molar refractivity (Wildman–Crippen MR) is 142 cm³/mol. The lowest BCUT2D eigenvalue weighted by Gasteiger charge is -2.64. The lowest BCUT2D eigenvalue weighted by atomic mass is 9.40. The van der Waals surface area contributed by atoms with E-state index in [1.165, 1.54) is 21.0 Å². The van der Waals surface area contributed by atoms with E-state index in [0.717, 1.165) is 16.7 Å². The second-order valence-corrected chi connectivity index (χ2v) is 13.0. The molecule has 3 fully saturated rings. The van der Waals surface area contributed by atoms with Crippen molar-refractivity contribution < 1.29 is 47.3 Å². The van der Waals surface area contributed by atoms with Crippen molar-refractivity contribution in [2.24, 2.45) is 34.0 Å². The van der Waals surface area contributed by atoms with Gasteiger partial charge in [0, 0.05) is 41.6 Å². The van der Waals surface area contributed by atoms with Gasteiger partial charge >= 0.3 is 23.9 Å². The second kappa shape index (κ2) is 9.84. The van der Waals surface area contributed by atoms with Gasteiger partial charge in [-0.1, -0.05) is 33.3 Å². The summed E-state index contributed by atoms with van der Waals surface area (Å²) in [5.74, 6) is -4.48. The minimum Gasteiger partial charge on any atom is -0.472 e. The van der Waals surface area contributed by atoms with Gasteiger partial charge in [-0.15, -0.1) is 0 Å². The number of ether oxygens (including phenoxy) is 4. The van der Waals surface area contributed by atoms with E-state index in [9.17, 15) is 24.0 Å². The van der Waals surface area contributed by atoms with Gasteiger partial charge in [0.25, 0.3) is 0 Å². The molecule has 2 heterocycles. The molecule has 10 heteroatoms. The molecule has 0 radical (unpaired) electrons. The number of Topliss-reactive ketones (excluding diaryl/α,β-unsaturated/α-hetero) is 1. The fourth-order valence-corrected chi connectivity index (χ4v) is 8.83. The molecule has 2 saturated carbocycles. The van der Waals surface area contributed by atoms with Crippen molar-refractivity contribution in [3.63, 3.8) is 0 Å². The van der Waals surface area contributed by atoms with Crippen LogP contribution in [-0.4, -0.2) is 49.0 Å². The van der Waals surface area contributed by atoms with Crippen LogP contribution in [0.2, 0.25) is 0 Å². The molecule has 222 valence electrons. The first-order valence-corrected chi connectivity index (χ1v) is 14.1. The van der Waals surface area contributed by atoms with Gasteiger partial charge in [0.1, 0.15) is 18.0 Å². The van der Waals surface area contributed by atoms with E-state index < -0.39 is 64.3 Å². The van der Waals surface area contributed by atoms with Crippen molar-refractivity contribution >= 4 is 29.7 Å². The van der Waals surface area contributed by atoms with Crippen LogP contribution < -0.4 is 0 Å². The Kier molecular flexibility index (Phi) is 6.98. The van der Waals surface area contributed by atoms with Crippen LogP contribution in [0.4, 0.5) is 0 Å². The van der Waals surface area contributed by atoms with E-state index in [1.807, 2.05) is 20.8 Å². The summed E-state index contributed by atoms with van der Waals surface area (Å²) in [4.78, 5) is 65.4. The van der Waals surface area contributed by atoms with Gasteiger partial charge in [-0.05, 0) is 36.8 Å². The van der Waals surface area contributed by atoms with Crippen molar-refractivity contribution in [1.82, 2.24) is 0 Å². The van der Waals surface area contributed by atoms with E-state index in [-0.39, 0.29) is 24.1 Å². The summed E-state index contributed by atoms with van der Waals surface area (Å²) < 4.78 is 27.8. The maximum absolute atomic E-state index is 14.5. The summed E-state index contributed by atoms with van der Waals surface area (Å²) in [7, 11) is 1.20. The SMILES string of the molecule is COC(=O)[C@H](OC(C)=O)[C@@H]1C(C)(C)[C@@H](OC(C)=O)[C@@H]2CC3=C4CC(=O)O[C@@H](c5ccoc5)[C@@]4(C)CC[C@H]3[C@@]1(C)C2=O. The molecular weight excluding hydrogens is 532 g/mol. The smallest absolute Gasteiger partial charge is 0.347 e. The molecule has 1 aliphatic heterocycles. The summed E-state index contributed by atoms with van der Waals surface area (Å²) in [5, 5.41) is 0. The third kappa shape index (κ3) is 4.24. The molecule has 0 unspecified atom stereocenters. The second-order valence-electron chi connectivity index (χ2n) is 13.0. The summed E-state index contributed by atoms with van der Waals surface area (Å²) >= 11 is 0. The molecule has 0 amide bonds. The van der Waals surface area contributed by atoms with Crippen LogP contribution in [0.3, 0.4) is 0 Å². The first kappa shape index (κ1) is 29.1. The molecule has 1 aromatic heterocycles. The highest BCUT2D eigenvalue weighted by atomic mass is 16.6. The van der Waals surface area contributed by atoms with Crippen molar-refractivity contribution in [1.29, 1.82) is 0 Å². The van der Waals surface area contributed by atoms with Gasteiger partial charge in [-0.25, -0.2) is 4.79 Å². The Morgan fingerprint density at radius 3 is 2.37 bits per heavy atom. The molecule has 2 bridgehead atoms. The Bertz CT molecular complexity index is 1320. The highest BCUT2D eigenvalue weighted by Crippen LogP contribution is 2.68. The number of carbonyl (C=O) groups excluding carboxylic acids is 5.